The number of esters is 1. The number of hydrogen-bond acceptors (Lipinski definition) is 5. The normalized spacial score (nSPS) is 11.0. The number of Topliss-reactive ketones (excluding diaryl/α,β-unsaturated/α-hetero) is 1. The van der Waals surface area contributed by atoms with Crippen LogP contribution in [0, 0.1) is 6.92 Å². The van der Waals surface area contributed by atoms with E-state index in [1.165, 1.54) is 0 Å². The van der Waals surface area contributed by atoms with Crippen LogP contribution < -0.4 is 0 Å². The molecule has 7 nitrogen and oxygen atoms in total. The zero-order valence-electron chi connectivity index (χ0n) is 17.1. The molecule has 30 heavy (non-hydrogen) atoms. The highest BCUT2D eigenvalue weighted by atomic mass is 16.5. The first kappa shape index (κ1) is 19.6. The van der Waals surface area contributed by atoms with Crippen LogP contribution in [0.5, 0.6) is 0 Å². The van der Waals surface area contributed by atoms with Gasteiger partial charge in [0.25, 0.3) is 0 Å². The van der Waals surface area contributed by atoms with Gasteiger partial charge < -0.3 is 4.74 Å². The van der Waals surface area contributed by atoms with Crippen LogP contribution in [0.2, 0.25) is 0 Å². The summed E-state index contributed by atoms with van der Waals surface area (Å²) in [5.74, 6) is -0.474. The lowest BCUT2D eigenvalue weighted by atomic mass is 10.1. The summed E-state index contributed by atoms with van der Waals surface area (Å²) in [6, 6.07) is 17.2. The molecule has 0 saturated carbocycles. The van der Waals surface area contributed by atoms with Crippen molar-refractivity contribution in [1.29, 1.82) is 0 Å². The van der Waals surface area contributed by atoms with Gasteiger partial charge in [-0.25, -0.2) is 9.31 Å². The topological polar surface area (TPSA) is 78.5 Å². The van der Waals surface area contributed by atoms with Crippen LogP contribution in [0.25, 0.3) is 16.8 Å². The smallest absolute Gasteiger partial charge is 0.358 e. The van der Waals surface area contributed by atoms with Crippen molar-refractivity contribution in [3.63, 3.8) is 0 Å². The molecule has 0 saturated heterocycles. The molecular formula is C23H22N4O3. The van der Waals surface area contributed by atoms with Crippen molar-refractivity contribution in [2.24, 2.45) is 0 Å². The number of ether oxygens (including phenoxy) is 1. The van der Waals surface area contributed by atoms with E-state index in [-0.39, 0.29) is 11.5 Å². The van der Waals surface area contributed by atoms with Crippen molar-refractivity contribution >= 4 is 17.3 Å². The maximum Gasteiger partial charge on any atom is 0.358 e. The minimum absolute atomic E-state index is 0.0226. The minimum atomic E-state index is -0.451. The van der Waals surface area contributed by atoms with E-state index >= 15 is 0 Å². The average molecular weight is 402 g/mol. The largest absolute Gasteiger partial charge is 0.461 e. The summed E-state index contributed by atoms with van der Waals surface area (Å²) >= 11 is 0. The second kappa shape index (κ2) is 7.94. The fourth-order valence-corrected chi connectivity index (χ4v) is 3.36. The van der Waals surface area contributed by atoms with E-state index in [9.17, 15) is 9.59 Å². The molecular weight excluding hydrogens is 380 g/mol. The van der Waals surface area contributed by atoms with Gasteiger partial charge in [0.2, 0.25) is 0 Å². The predicted octanol–water partition coefficient (Wildman–Crippen LogP) is 3.93. The molecule has 0 aliphatic heterocycles. The van der Waals surface area contributed by atoms with E-state index in [1.807, 2.05) is 60.0 Å². The number of carbonyl (C=O) groups is 2. The number of hydrogen-bond donors (Lipinski definition) is 0. The van der Waals surface area contributed by atoms with Gasteiger partial charge in [-0.3, -0.25) is 9.48 Å². The van der Waals surface area contributed by atoms with Crippen molar-refractivity contribution < 1.29 is 14.3 Å². The summed E-state index contributed by atoms with van der Waals surface area (Å²) in [5.41, 5.74) is 5.12. The van der Waals surface area contributed by atoms with Crippen LogP contribution in [0.15, 0.2) is 54.6 Å². The first-order valence-electron chi connectivity index (χ1n) is 9.77. The lowest BCUT2D eigenvalue weighted by Crippen LogP contribution is -2.12. The van der Waals surface area contributed by atoms with Gasteiger partial charge in [0.15, 0.2) is 11.5 Å². The Balaban J connectivity index is 1.79. The summed E-state index contributed by atoms with van der Waals surface area (Å²) in [6.07, 6.45) is 0. The third-order valence-corrected chi connectivity index (χ3v) is 4.89. The predicted molar refractivity (Wildman–Crippen MR) is 113 cm³/mol. The van der Waals surface area contributed by atoms with Crippen molar-refractivity contribution in [2.45, 2.75) is 27.3 Å². The molecule has 0 aliphatic carbocycles. The standard InChI is InChI=1S/C23H22N4O3/c1-4-30-23(29)22-10-15(2)26(24-22)14-20-12-18(16(3)28)11-19-13-21(25-27(19)20)17-8-6-5-7-9-17/h5-13H,4,14H2,1-3H3. The van der Waals surface area contributed by atoms with E-state index in [0.29, 0.717) is 18.7 Å². The molecule has 0 amide bonds. The summed E-state index contributed by atoms with van der Waals surface area (Å²) in [6.45, 7) is 5.83. The van der Waals surface area contributed by atoms with Crippen LogP contribution in [0.4, 0.5) is 0 Å². The van der Waals surface area contributed by atoms with Gasteiger partial charge in [-0.05, 0) is 45.0 Å². The molecule has 0 unspecified atom stereocenters. The van der Waals surface area contributed by atoms with Crippen molar-refractivity contribution in [3.05, 3.63) is 77.2 Å². The maximum absolute atomic E-state index is 12.1. The van der Waals surface area contributed by atoms with Gasteiger partial charge in [0.1, 0.15) is 0 Å². The van der Waals surface area contributed by atoms with E-state index in [2.05, 4.69) is 5.10 Å². The zero-order chi connectivity index (χ0) is 21.3. The second-order valence-corrected chi connectivity index (χ2v) is 7.07. The fourth-order valence-electron chi connectivity index (χ4n) is 3.36. The highest BCUT2D eigenvalue weighted by Gasteiger charge is 2.16. The third-order valence-electron chi connectivity index (χ3n) is 4.89. The third kappa shape index (κ3) is 3.74. The van der Waals surface area contributed by atoms with Crippen LogP contribution in [-0.2, 0) is 11.3 Å². The summed E-state index contributed by atoms with van der Waals surface area (Å²) in [5, 5.41) is 9.14. The van der Waals surface area contributed by atoms with Gasteiger partial charge in [0, 0.05) is 16.8 Å². The summed E-state index contributed by atoms with van der Waals surface area (Å²) in [4.78, 5) is 24.1. The number of ketones is 1. The Morgan fingerprint density at radius 2 is 1.80 bits per heavy atom. The summed E-state index contributed by atoms with van der Waals surface area (Å²) < 4.78 is 8.58. The number of fused-ring (bicyclic) bond motifs is 1. The molecule has 3 heterocycles. The average Bonchev–Trinajstić information content (AvgIpc) is 3.33. The van der Waals surface area contributed by atoms with E-state index in [0.717, 1.165) is 28.2 Å². The van der Waals surface area contributed by atoms with Gasteiger partial charge in [-0.2, -0.15) is 10.2 Å². The van der Waals surface area contributed by atoms with Crippen molar-refractivity contribution in [2.75, 3.05) is 6.61 Å². The molecule has 3 aromatic heterocycles. The van der Waals surface area contributed by atoms with Gasteiger partial charge in [-0.1, -0.05) is 30.3 Å². The Labute approximate surface area is 173 Å². The molecule has 1 aromatic carbocycles. The molecule has 0 aliphatic rings. The Morgan fingerprint density at radius 3 is 2.50 bits per heavy atom. The second-order valence-electron chi connectivity index (χ2n) is 7.07. The molecule has 4 rings (SSSR count). The number of aromatic nitrogens is 4. The molecule has 0 fully saturated rings. The molecule has 0 radical (unpaired) electrons. The number of carbonyl (C=O) groups excluding carboxylic acids is 2. The van der Waals surface area contributed by atoms with E-state index in [1.54, 1.807) is 24.6 Å². The highest BCUT2D eigenvalue weighted by molar-refractivity contribution is 5.95. The Bertz CT molecular complexity index is 1240. The van der Waals surface area contributed by atoms with Gasteiger partial charge in [0.05, 0.1) is 30.1 Å². The molecule has 0 N–H and O–H groups in total. The number of aryl methyl sites for hydroxylation is 1. The van der Waals surface area contributed by atoms with Crippen LogP contribution in [0.1, 0.15) is 46.1 Å². The summed E-state index contributed by atoms with van der Waals surface area (Å²) in [7, 11) is 0. The molecule has 7 heteroatoms. The monoisotopic (exact) mass is 402 g/mol. The number of rotatable bonds is 6. The number of nitrogens with zero attached hydrogens (tertiary/aromatic N) is 4. The first-order valence-corrected chi connectivity index (χ1v) is 9.77. The Kier molecular flexibility index (Phi) is 5.18. The lowest BCUT2D eigenvalue weighted by Gasteiger charge is -2.09. The van der Waals surface area contributed by atoms with Crippen molar-refractivity contribution in [3.8, 4) is 11.3 Å². The first-order chi connectivity index (χ1) is 14.5. The quantitative estimate of drug-likeness (QED) is 0.361. The van der Waals surface area contributed by atoms with Crippen LogP contribution in [0.3, 0.4) is 0 Å². The Morgan fingerprint density at radius 1 is 1.03 bits per heavy atom. The molecule has 0 spiro atoms. The molecule has 0 bridgehead atoms. The number of pyridine rings is 1. The van der Waals surface area contributed by atoms with Crippen LogP contribution >= 0.6 is 0 Å². The van der Waals surface area contributed by atoms with Gasteiger partial charge >= 0.3 is 5.97 Å². The SMILES string of the molecule is CCOC(=O)c1cc(C)n(Cc2cc(C(C)=O)cc3cc(-c4ccccc4)nn23)n1. The lowest BCUT2D eigenvalue weighted by molar-refractivity contribution is 0.0518. The Hall–Kier alpha value is -3.74. The minimum Gasteiger partial charge on any atom is -0.461 e. The number of benzene rings is 1. The molecule has 4 aromatic rings. The van der Waals surface area contributed by atoms with E-state index in [4.69, 9.17) is 9.84 Å². The maximum atomic E-state index is 12.1. The molecule has 152 valence electrons. The van der Waals surface area contributed by atoms with Crippen LogP contribution in [-0.4, -0.2) is 37.8 Å². The van der Waals surface area contributed by atoms with E-state index < -0.39 is 5.97 Å². The van der Waals surface area contributed by atoms with Crippen molar-refractivity contribution in [1.82, 2.24) is 19.4 Å². The zero-order valence-corrected chi connectivity index (χ0v) is 17.1. The highest BCUT2D eigenvalue weighted by Crippen LogP contribution is 2.22. The fraction of sp³-hybridized carbons (Fsp3) is 0.217. The molecule has 0 atom stereocenters. The van der Waals surface area contributed by atoms with Gasteiger partial charge in [-0.15, -0.1) is 0 Å².